The number of hydrogen-bond donors (Lipinski definition) is 1. The third kappa shape index (κ3) is 2.52. The highest BCUT2D eigenvalue weighted by atomic mass is 19.1. The van der Waals surface area contributed by atoms with E-state index >= 15 is 0 Å². The predicted molar refractivity (Wildman–Crippen MR) is 82.9 cm³/mol. The molecule has 3 heterocycles. The molecule has 3 aliphatic heterocycles. The molecule has 3 aliphatic rings. The van der Waals surface area contributed by atoms with Crippen molar-refractivity contribution >= 4 is 5.71 Å². The first kappa shape index (κ1) is 13.5. The lowest BCUT2D eigenvalue weighted by Gasteiger charge is -2.20. The second kappa shape index (κ2) is 5.57. The maximum Gasteiger partial charge on any atom is 0.147 e. The molecule has 0 unspecified atom stereocenters. The van der Waals surface area contributed by atoms with Crippen molar-refractivity contribution in [1.29, 1.82) is 0 Å². The van der Waals surface area contributed by atoms with Gasteiger partial charge in [0.2, 0.25) is 0 Å². The second-order valence-corrected chi connectivity index (χ2v) is 5.75. The zero-order chi connectivity index (χ0) is 14.9. The molecule has 1 aromatic carbocycles. The summed E-state index contributed by atoms with van der Waals surface area (Å²) in [6.07, 6.45) is 7.44. The lowest BCUT2D eigenvalue weighted by Crippen LogP contribution is -2.28. The average molecular weight is 299 g/mol. The first-order chi connectivity index (χ1) is 10.8. The van der Waals surface area contributed by atoms with Crippen LogP contribution in [0.1, 0.15) is 24.8 Å². The summed E-state index contributed by atoms with van der Waals surface area (Å²) >= 11 is 0. The van der Waals surface area contributed by atoms with Crippen LogP contribution in [0.4, 0.5) is 4.39 Å². The highest BCUT2D eigenvalue weighted by Crippen LogP contribution is 2.27. The van der Waals surface area contributed by atoms with Crippen LogP contribution < -0.4 is 10.2 Å². The molecule has 1 N–H and O–H groups in total. The van der Waals surface area contributed by atoms with E-state index in [4.69, 9.17) is 9.73 Å². The van der Waals surface area contributed by atoms with Gasteiger partial charge in [-0.3, -0.25) is 5.01 Å². The summed E-state index contributed by atoms with van der Waals surface area (Å²) in [7, 11) is 0. The fourth-order valence-corrected chi connectivity index (χ4v) is 3.05. The summed E-state index contributed by atoms with van der Waals surface area (Å²) in [6.45, 7) is 1.49. The molecular weight excluding hydrogens is 281 g/mol. The van der Waals surface area contributed by atoms with Crippen LogP contribution in [0, 0.1) is 5.82 Å². The minimum atomic E-state index is -0.216. The number of nitrogens with one attached hydrogen (secondary N) is 1. The van der Waals surface area contributed by atoms with Gasteiger partial charge in [0.05, 0.1) is 6.61 Å². The van der Waals surface area contributed by atoms with Gasteiger partial charge in [0.15, 0.2) is 0 Å². The molecule has 0 spiro atoms. The summed E-state index contributed by atoms with van der Waals surface area (Å²) in [5, 5.41) is 1.99. The molecule has 0 amide bonds. The summed E-state index contributed by atoms with van der Waals surface area (Å²) in [4.78, 5) is 4.77. The molecule has 5 heteroatoms. The number of aryl methyl sites for hydroxylation is 1. The van der Waals surface area contributed by atoms with Crippen molar-refractivity contribution in [3.8, 4) is 5.75 Å². The average Bonchev–Trinajstić information content (AvgIpc) is 2.92. The number of ether oxygens (including phenoxy) is 1. The molecule has 2 bridgehead atoms. The third-order valence-electron chi connectivity index (χ3n) is 4.23. The fraction of sp³-hybridized carbons (Fsp3) is 0.353. The summed E-state index contributed by atoms with van der Waals surface area (Å²) < 4.78 is 19.4. The van der Waals surface area contributed by atoms with Gasteiger partial charge in [-0.25, -0.2) is 14.8 Å². The molecule has 0 atom stereocenters. The van der Waals surface area contributed by atoms with Crippen molar-refractivity contribution in [2.45, 2.75) is 25.7 Å². The van der Waals surface area contributed by atoms with Gasteiger partial charge in [-0.05, 0) is 61.1 Å². The number of benzene rings is 1. The van der Waals surface area contributed by atoms with Crippen molar-refractivity contribution in [2.24, 2.45) is 4.99 Å². The van der Waals surface area contributed by atoms with Crippen LogP contribution in [0.5, 0.6) is 5.75 Å². The van der Waals surface area contributed by atoms with E-state index in [0.29, 0.717) is 6.61 Å². The van der Waals surface area contributed by atoms with Crippen LogP contribution in [-0.4, -0.2) is 23.9 Å². The smallest absolute Gasteiger partial charge is 0.147 e. The molecular formula is C17H18FN3O. The molecule has 0 saturated carbocycles. The summed E-state index contributed by atoms with van der Waals surface area (Å²) in [5.74, 6) is 1.60. The molecule has 0 aliphatic carbocycles. The molecule has 0 aromatic heterocycles. The highest BCUT2D eigenvalue weighted by molar-refractivity contribution is 5.96. The largest absolute Gasteiger partial charge is 0.493 e. The number of allylic oxidation sites excluding steroid dienone is 1. The van der Waals surface area contributed by atoms with E-state index in [9.17, 15) is 4.39 Å². The van der Waals surface area contributed by atoms with Crippen LogP contribution in [0.2, 0.25) is 0 Å². The van der Waals surface area contributed by atoms with Crippen molar-refractivity contribution in [3.05, 3.63) is 53.2 Å². The second-order valence-electron chi connectivity index (χ2n) is 5.75. The van der Waals surface area contributed by atoms with Gasteiger partial charge >= 0.3 is 0 Å². The van der Waals surface area contributed by atoms with E-state index in [0.717, 1.165) is 55.1 Å². The standard InChI is InChI=1S/C17H18FN3O/c18-14-4-6-16-12(10-14)3-5-15-7-8-21-17(20-15)13(11-19-21)2-1-9-22-16/h4,6-8,10,19H,1-3,5,9,11H2. The van der Waals surface area contributed by atoms with Gasteiger partial charge in [-0.2, -0.15) is 0 Å². The number of rotatable bonds is 0. The normalized spacial score (nSPS) is 20.8. The lowest BCUT2D eigenvalue weighted by molar-refractivity contribution is 0.307. The van der Waals surface area contributed by atoms with Gasteiger partial charge in [0.1, 0.15) is 17.4 Å². The van der Waals surface area contributed by atoms with E-state index in [-0.39, 0.29) is 5.82 Å². The van der Waals surface area contributed by atoms with Gasteiger partial charge in [-0.1, -0.05) is 0 Å². The van der Waals surface area contributed by atoms with E-state index in [1.165, 1.54) is 11.6 Å². The number of hydrazine groups is 1. The topological polar surface area (TPSA) is 36.9 Å². The zero-order valence-electron chi connectivity index (χ0n) is 12.3. The monoisotopic (exact) mass is 299 g/mol. The number of halogens is 1. The van der Waals surface area contributed by atoms with Crippen molar-refractivity contribution in [2.75, 3.05) is 13.2 Å². The molecule has 0 fully saturated rings. The Kier molecular flexibility index (Phi) is 3.42. The fourth-order valence-electron chi connectivity index (χ4n) is 3.05. The van der Waals surface area contributed by atoms with E-state index in [1.807, 2.05) is 17.3 Å². The Morgan fingerprint density at radius 2 is 2.18 bits per heavy atom. The van der Waals surface area contributed by atoms with Crippen molar-refractivity contribution in [3.63, 3.8) is 0 Å². The van der Waals surface area contributed by atoms with Crippen LogP contribution in [-0.2, 0) is 6.42 Å². The quantitative estimate of drug-likeness (QED) is 0.800. The maximum absolute atomic E-state index is 13.5. The molecule has 0 saturated heterocycles. The van der Waals surface area contributed by atoms with E-state index < -0.39 is 0 Å². The first-order valence-electron chi connectivity index (χ1n) is 7.71. The van der Waals surface area contributed by atoms with Crippen LogP contribution in [0.25, 0.3) is 0 Å². The number of hydrogen-bond acceptors (Lipinski definition) is 4. The van der Waals surface area contributed by atoms with Crippen molar-refractivity contribution < 1.29 is 9.13 Å². The maximum atomic E-state index is 13.5. The Labute approximate surface area is 129 Å². The van der Waals surface area contributed by atoms with Gasteiger partial charge in [-0.15, -0.1) is 0 Å². The third-order valence-corrected chi connectivity index (χ3v) is 4.23. The number of fused-ring (bicyclic) bond motifs is 1. The first-order valence-corrected chi connectivity index (χ1v) is 7.71. The number of aliphatic imine (C=N–C) groups is 1. The molecule has 1 aromatic rings. The summed E-state index contributed by atoms with van der Waals surface area (Å²) in [5.41, 5.74) is 6.58. The predicted octanol–water partition coefficient (Wildman–Crippen LogP) is 2.93. The molecule has 0 radical (unpaired) electrons. The van der Waals surface area contributed by atoms with Crippen LogP contribution in [0.15, 0.2) is 46.9 Å². The number of nitrogens with zero attached hydrogens (tertiary/aromatic N) is 2. The Bertz CT molecular complexity index is 693. The van der Waals surface area contributed by atoms with E-state index in [1.54, 1.807) is 12.1 Å². The molecule has 4 nitrogen and oxygen atoms in total. The zero-order valence-corrected chi connectivity index (χ0v) is 12.3. The van der Waals surface area contributed by atoms with Crippen LogP contribution in [0.3, 0.4) is 0 Å². The molecule has 4 rings (SSSR count). The minimum absolute atomic E-state index is 0.216. The Morgan fingerprint density at radius 1 is 1.23 bits per heavy atom. The Balaban J connectivity index is 1.66. The molecule has 22 heavy (non-hydrogen) atoms. The summed E-state index contributed by atoms with van der Waals surface area (Å²) in [6, 6.07) is 4.77. The van der Waals surface area contributed by atoms with Gasteiger partial charge in [0, 0.05) is 18.5 Å². The highest BCUT2D eigenvalue weighted by Gasteiger charge is 2.23. The van der Waals surface area contributed by atoms with Gasteiger partial charge in [0.25, 0.3) is 0 Å². The lowest BCUT2D eigenvalue weighted by atomic mass is 10.0. The van der Waals surface area contributed by atoms with Crippen LogP contribution >= 0.6 is 0 Å². The van der Waals surface area contributed by atoms with Gasteiger partial charge < -0.3 is 4.74 Å². The van der Waals surface area contributed by atoms with E-state index in [2.05, 4.69) is 5.43 Å². The molecule has 114 valence electrons. The Hall–Kier alpha value is -2.14. The SMILES string of the molecule is Fc1ccc2c(c1)CCC1=NC3=C(CCCO2)CNN3C=C1. The Morgan fingerprint density at radius 3 is 3.14 bits per heavy atom. The van der Waals surface area contributed by atoms with Crippen molar-refractivity contribution in [1.82, 2.24) is 10.4 Å². The minimum Gasteiger partial charge on any atom is -0.493 e.